The summed E-state index contributed by atoms with van der Waals surface area (Å²) in [5, 5.41) is 0. The number of rotatable bonds is 5. The highest BCUT2D eigenvalue weighted by Gasteiger charge is 2.40. The van der Waals surface area contributed by atoms with E-state index >= 15 is 0 Å². The van der Waals surface area contributed by atoms with Crippen LogP contribution in [-0.4, -0.2) is 27.4 Å². The van der Waals surface area contributed by atoms with E-state index in [0.717, 1.165) is 19.6 Å². The van der Waals surface area contributed by atoms with Crippen LogP contribution in [0.2, 0.25) is 0 Å². The molecule has 80 valence electrons. The molecule has 0 fully saturated rings. The fourth-order valence-corrected chi connectivity index (χ4v) is 1.76. The average molecular weight is 188 g/mol. The molecule has 0 amide bonds. The van der Waals surface area contributed by atoms with Gasteiger partial charge in [-0.15, -0.1) is 0 Å². The minimum Gasteiger partial charge on any atom is -0.384 e. The van der Waals surface area contributed by atoms with Crippen LogP contribution in [-0.2, 0) is 9.47 Å². The maximum Gasteiger partial charge on any atom is 0.0545 e. The van der Waals surface area contributed by atoms with E-state index in [0.29, 0.717) is 0 Å². The Labute approximate surface area is 82.6 Å². The molecule has 0 aromatic rings. The van der Waals surface area contributed by atoms with E-state index in [-0.39, 0.29) is 10.8 Å². The molecule has 0 atom stereocenters. The van der Waals surface area contributed by atoms with Gasteiger partial charge in [0.1, 0.15) is 0 Å². The van der Waals surface area contributed by atoms with Crippen molar-refractivity contribution in [2.75, 3.05) is 27.4 Å². The molecule has 0 heterocycles. The summed E-state index contributed by atoms with van der Waals surface area (Å²) < 4.78 is 10.6. The van der Waals surface area contributed by atoms with Crippen molar-refractivity contribution in [2.24, 2.45) is 10.8 Å². The largest absolute Gasteiger partial charge is 0.384 e. The minimum absolute atomic E-state index is 0.135. The van der Waals surface area contributed by atoms with Crippen LogP contribution in [0.3, 0.4) is 0 Å². The van der Waals surface area contributed by atoms with Crippen molar-refractivity contribution in [1.82, 2.24) is 0 Å². The third-order valence-corrected chi connectivity index (χ3v) is 3.11. The van der Waals surface area contributed by atoms with Crippen LogP contribution >= 0.6 is 0 Å². The highest BCUT2D eigenvalue weighted by atomic mass is 16.5. The van der Waals surface area contributed by atoms with Crippen molar-refractivity contribution in [3.05, 3.63) is 0 Å². The summed E-state index contributed by atoms with van der Waals surface area (Å²) in [5.41, 5.74) is 0.351. The SMILES string of the molecule is CCC(COC)(COC)C(C)(C)C. The smallest absolute Gasteiger partial charge is 0.0545 e. The molecular weight excluding hydrogens is 164 g/mol. The lowest BCUT2D eigenvalue weighted by Gasteiger charge is -2.43. The third kappa shape index (κ3) is 2.96. The van der Waals surface area contributed by atoms with Gasteiger partial charge in [-0.3, -0.25) is 0 Å². The summed E-state index contributed by atoms with van der Waals surface area (Å²) in [6.45, 7) is 10.5. The van der Waals surface area contributed by atoms with Crippen LogP contribution in [0, 0.1) is 10.8 Å². The van der Waals surface area contributed by atoms with Crippen LogP contribution in [0.25, 0.3) is 0 Å². The first kappa shape index (κ1) is 12.9. The van der Waals surface area contributed by atoms with Gasteiger partial charge in [-0.1, -0.05) is 27.7 Å². The van der Waals surface area contributed by atoms with Gasteiger partial charge in [0.05, 0.1) is 13.2 Å². The van der Waals surface area contributed by atoms with Gasteiger partial charge in [0.25, 0.3) is 0 Å². The topological polar surface area (TPSA) is 18.5 Å². The van der Waals surface area contributed by atoms with Crippen LogP contribution in [0.1, 0.15) is 34.1 Å². The summed E-state index contributed by atoms with van der Waals surface area (Å²) in [4.78, 5) is 0. The van der Waals surface area contributed by atoms with Gasteiger partial charge in [-0.2, -0.15) is 0 Å². The highest BCUT2D eigenvalue weighted by Crippen LogP contribution is 2.41. The van der Waals surface area contributed by atoms with E-state index in [9.17, 15) is 0 Å². The summed E-state index contributed by atoms with van der Waals surface area (Å²) >= 11 is 0. The van der Waals surface area contributed by atoms with Crippen molar-refractivity contribution in [3.8, 4) is 0 Å². The standard InChI is InChI=1S/C11H24O2/c1-7-11(8-12-5,9-13-6)10(2,3)4/h7-9H2,1-6H3. The van der Waals surface area contributed by atoms with Crippen LogP contribution in [0.4, 0.5) is 0 Å². The molecule has 0 unspecified atom stereocenters. The molecule has 0 spiro atoms. The Kier molecular flexibility index (Phi) is 4.93. The Bertz CT molecular complexity index is 130. The zero-order valence-electron chi connectivity index (χ0n) is 9.94. The molecule has 0 aliphatic rings. The van der Waals surface area contributed by atoms with Crippen LogP contribution in [0.15, 0.2) is 0 Å². The Balaban J connectivity index is 4.64. The second-order valence-electron chi connectivity index (χ2n) is 4.75. The van der Waals surface area contributed by atoms with Crippen molar-refractivity contribution in [3.63, 3.8) is 0 Å². The van der Waals surface area contributed by atoms with E-state index in [1.54, 1.807) is 14.2 Å². The second kappa shape index (κ2) is 4.97. The number of ether oxygens (including phenoxy) is 2. The Morgan fingerprint density at radius 1 is 0.923 bits per heavy atom. The fourth-order valence-electron chi connectivity index (χ4n) is 1.76. The molecule has 0 aromatic carbocycles. The molecule has 0 saturated heterocycles. The second-order valence-corrected chi connectivity index (χ2v) is 4.75. The van der Waals surface area contributed by atoms with Gasteiger partial charge in [0.15, 0.2) is 0 Å². The highest BCUT2D eigenvalue weighted by molar-refractivity contribution is 4.89. The number of methoxy groups -OCH3 is 2. The molecule has 13 heavy (non-hydrogen) atoms. The maximum atomic E-state index is 5.30. The molecule has 0 aliphatic heterocycles. The van der Waals surface area contributed by atoms with Gasteiger partial charge in [-0.25, -0.2) is 0 Å². The van der Waals surface area contributed by atoms with E-state index in [4.69, 9.17) is 9.47 Å². The van der Waals surface area contributed by atoms with Gasteiger partial charge >= 0.3 is 0 Å². The monoisotopic (exact) mass is 188 g/mol. The van der Waals surface area contributed by atoms with Crippen molar-refractivity contribution >= 4 is 0 Å². The molecular formula is C11H24O2. The summed E-state index contributed by atoms with van der Waals surface area (Å²) in [6.07, 6.45) is 1.08. The molecule has 0 N–H and O–H groups in total. The molecule has 0 bridgehead atoms. The van der Waals surface area contributed by atoms with Gasteiger partial charge in [-0.05, 0) is 11.8 Å². The van der Waals surface area contributed by atoms with Crippen molar-refractivity contribution in [2.45, 2.75) is 34.1 Å². The first-order chi connectivity index (χ1) is 5.93. The number of hydrogen-bond donors (Lipinski definition) is 0. The lowest BCUT2D eigenvalue weighted by molar-refractivity contribution is -0.0625. The predicted octanol–water partition coefficient (Wildman–Crippen LogP) is 2.72. The first-order valence-corrected chi connectivity index (χ1v) is 4.91. The van der Waals surface area contributed by atoms with E-state index in [2.05, 4.69) is 27.7 Å². The summed E-state index contributed by atoms with van der Waals surface area (Å²) in [6, 6.07) is 0. The maximum absolute atomic E-state index is 5.30. The minimum atomic E-state index is 0.135. The quantitative estimate of drug-likeness (QED) is 0.660. The Morgan fingerprint density at radius 3 is 1.46 bits per heavy atom. The summed E-state index contributed by atoms with van der Waals surface area (Å²) in [5.74, 6) is 0. The molecule has 2 nitrogen and oxygen atoms in total. The molecule has 0 aliphatic carbocycles. The van der Waals surface area contributed by atoms with Crippen molar-refractivity contribution < 1.29 is 9.47 Å². The molecule has 2 heteroatoms. The van der Waals surface area contributed by atoms with E-state index in [1.807, 2.05) is 0 Å². The normalized spacial score (nSPS) is 13.4. The van der Waals surface area contributed by atoms with Crippen molar-refractivity contribution in [1.29, 1.82) is 0 Å². The van der Waals surface area contributed by atoms with E-state index < -0.39 is 0 Å². The Hall–Kier alpha value is -0.0800. The zero-order valence-corrected chi connectivity index (χ0v) is 9.94. The Morgan fingerprint density at radius 2 is 1.31 bits per heavy atom. The lowest BCUT2D eigenvalue weighted by Crippen LogP contribution is -2.43. The fraction of sp³-hybridized carbons (Fsp3) is 1.00. The van der Waals surface area contributed by atoms with E-state index in [1.165, 1.54) is 0 Å². The molecule has 0 saturated carbocycles. The molecule has 0 radical (unpaired) electrons. The zero-order chi connectivity index (χ0) is 10.5. The lowest BCUT2D eigenvalue weighted by atomic mass is 9.66. The van der Waals surface area contributed by atoms with Gasteiger partial charge in [0, 0.05) is 19.6 Å². The predicted molar refractivity (Wildman–Crippen MR) is 55.9 cm³/mol. The van der Waals surface area contributed by atoms with Gasteiger partial charge in [0.2, 0.25) is 0 Å². The molecule has 0 rings (SSSR count). The first-order valence-electron chi connectivity index (χ1n) is 4.91. The molecule has 0 aromatic heterocycles. The third-order valence-electron chi connectivity index (χ3n) is 3.11. The summed E-state index contributed by atoms with van der Waals surface area (Å²) in [7, 11) is 3.51. The number of hydrogen-bond acceptors (Lipinski definition) is 2. The van der Waals surface area contributed by atoms with Crippen LogP contribution in [0.5, 0.6) is 0 Å². The van der Waals surface area contributed by atoms with Gasteiger partial charge < -0.3 is 9.47 Å². The average Bonchev–Trinajstić information content (AvgIpc) is 2.02. The van der Waals surface area contributed by atoms with Crippen LogP contribution < -0.4 is 0 Å².